The molecule has 1 aromatic carbocycles. The number of sulfonamides is 1. The SMILES string of the molecule is CC1(C)CC1NS(=O)(=O)c1cc(C(=O)O)ccc1Br. The number of rotatable bonds is 4. The Balaban J connectivity index is 2.35. The van der Waals surface area contributed by atoms with Gasteiger partial charge in [0, 0.05) is 10.5 Å². The van der Waals surface area contributed by atoms with Crippen LogP contribution in [0.4, 0.5) is 0 Å². The van der Waals surface area contributed by atoms with Crippen LogP contribution in [0.15, 0.2) is 27.6 Å². The van der Waals surface area contributed by atoms with Gasteiger partial charge in [-0.3, -0.25) is 0 Å². The fraction of sp³-hybridized carbons (Fsp3) is 0.417. The van der Waals surface area contributed by atoms with Crippen LogP contribution >= 0.6 is 15.9 Å². The summed E-state index contributed by atoms with van der Waals surface area (Å²) in [7, 11) is -3.71. The van der Waals surface area contributed by atoms with E-state index in [2.05, 4.69) is 20.7 Å². The van der Waals surface area contributed by atoms with Crippen LogP contribution in [0.3, 0.4) is 0 Å². The molecule has 1 saturated carbocycles. The zero-order valence-corrected chi connectivity index (χ0v) is 12.9. The molecule has 0 aliphatic heterocycles. The predicted octanol–water partition coefficient (Wildman–Crippen LogP) is 2.22. The molecule has 0 radical (unpaired) electrons. The molecule has 0 amide bonds. The minimum absolute atomic E-state index is 0.0377. The maximum absolute atomic E-state index is 12.2. The number of hydrogen-bond acceptors (Lipinski definition) is 3. The van der Waals surface area contributed by atoms with Gasteiger partial charge in [-0.25, -0.2) is 17.9 Å². The molecule has 0 aromatic heterocycles. The molecule has 104 valence electrons. The van der Waals surface area contributed by atoms with Gasteiger partial charge in [-0.1, -0.05) is 13.8 Å². The second kappa shape index (κ2) is 4.57. The summed E-state index contributed by atoms with van der Waals surface area (Å²) in [5, 5.41) is 8.91. The van der Waals surface area contributed by atoms with Gasteiger partial charge in [0.05, 0.1) is 10.5 Å². The number of carbonyl (C=O) groups is 1. The van der Waals surface area contributed by atoms with E-state index in [0.29, 0.717) is 4.47 Å². The Labute approximate surface area is 120 Å². The van der Waals surface area contributed by atoms with Gasteiger partial charge in [0.25, 0.3) is 0 Å². The van der Waals surface area contributed by atoms with Crippen LogP contribution in [0.2, 0.25) is 0 Å². The average Bonchev–Trinajstić information content (AvgIpc) is 2.84. The normalized spacial score (nSPS) is 21.1. The van der Waals surface area contributed by atoms with Crippen molar-refractivity contribution in [3.63, 3.8) is 0 Å². The number of hydrogen-bond donors (Lipinski definition) is 2. The summed E-state index contributed by atoms with van der Waals surface area (Å²) in [4.78, 5) is 10.9. The van der Waals surface area contributed by atoms with E-state index >= 15 is 0 Å². The molecule has 1 unspecified atom stereocenters. The van der Waals surface area contributed by atoms with Crippen LogP contribution in [0, 0.1) is 5.41 Å². The molecule has 19 heavy (non-hydrogen) atoms. The van der Waals surface area contributed by atoms with E-state index in [1.54, 1.807) is 0 Å². The largest absolute Gasteiger partial charge is 0.478 e. The molecular weight excluding hydrogens is 334 g/mol. The molecule has 5 nitrogen and oxygen atoms in total. The fourth-order valence-corrected chi connectivity index (χ4v) is 4.16. The maximum atomic E-state index is 12.2. The van der Waals surface area contributed by atoms with Crippen LogP contribution in [0.25, 0.3) is 0 Å². The van der Waals surface area contributed by atoms with Crippen molar-refractivity contribution < 1.29 is 18.3 Å². The Hall–Kier alpha value is -0.920. The Morgan fingerprint density at radius 3 is 2.53 bits per heavy atom. The fourth-order valence-electron chi connectivity index (χ4n) is 1.76. The summed E-state index contributed by atoms with van der Waals surface area (Å²) < 4.78 is 27.4. The maximum Gasteiger partial charge on any atom is 0.335 e. The molecule has 1 aliphatic rings. The highest BCUT2D eigenvalue weighted by Gasteiger charge is 2.48. The minimum Gasteiger partial charge on any atom is -0.478 e. The number of carboxylic acids is 1. The molecule has 0 saturated heterocycles. The van der Waals surface area contributed by atoms with Gasteiger partial charge in [-0.15, -0.1) is 0 Å². The Morgan fingerprint density at radius 2 is 2.05 bits per heavy atom. The second-order valence-corrected chi connectivity index (χ2v) is 7.85. The monoisotopic (exact) mass is 347 g/mol. The van der Waals surface area contributed by atoms with E-state index in [1.807, 2.05) is 13.8 Å². The van der Waals surface area contributed by atoms with Crippen molar-refractivity contribution in [2.45, 2.75) is 31.2 Å². The van der Waals surface area contributed by atoms with Crippen molar-refractivity contribution >= 4 is 31.9 Å². The molecule has 1 atom stereocenters. The lowest BCUT2D eigenvalue weighted by atomic mass is 10.2. The third kappa shape index (κ3) is 2.98. The first kappa shape index (κ1) is 14.5. The van der Waals surface area contributed by atoms with E-state index in [-0.39, 0.29) is 21.9 Å². The van der Waals surface area contributed by atoms with E-state index in [9.17, 15) is 13.2 Å². The first-order valence-corrected chi connectivity index (χ1v) is 7.96. The molecule has 1 aromatic rings. The third-order valence-electron chi connectivity index (χ3n) is 3.28. The van der Waals surface area contributed by atoms with Gasteiger partial charge in [-0.05, 0) is 46.0 Å². The second-order valence-electron chi connectivity index (χ2n) is 5.32. The predicted molar refractivity (Wildman–Crippen MR) is 73.6 cm³/mol. The van der Waals surface area contributed by atoms with E-state index in [4.69, 9.17) is 5.11 Å². The molecule has 1 fully saturated rings. The van der Waals surface area contributed by atoms with Crippen LogP contribution in [0.5, 0.6) is 0 Å². The summed E-state index contributed by atoms with van der Waals surface area (Å²) in [5.74, 6) is -1.16. The van der Waals surface area contributed by atoms with Crippen molar-refractivity contribution in [3.05, 3.63) is 28.2 Å². The van der Waals surface area contributed by atoms with Crippen LogP contribution in [-0.2, 0) is 10.0 Å². The highest BCUT2D eigenvalue weighted by atomic mass is 79.9. The van der Waals surface area contributed by atoms with Crippen molar-refractivity contribution in [1.82, 2.24) is 4.72 Å². The summed E-state index contributed by atoms with van der Waals surface area (Å²) in [6.07, 6.45) is 0.780. The molecule has 0 spiro atoms. The zero-order chi connectivity index (χ0) is 14.4. The lowest BCUT2D eigenvalue weighted by Gasteiger charge is -2.10. The summed E-state index contributed by atoms with van der Waals surface area (Å²) in [5.41, 5.74) is -0.0946. The van der Waals surface area contributed by atoms with Crippen LogP contribution < -0.4 is 4.72 Å². The van der Waals surface area contributed by atoms with Gasteiger partial charge in [0.2, 0.25) is 10.0 Å². The number of nitrogens with one attached hydrogen (secondary N) is 1. The van der Waals surface area contributed by atoms with Gasteiger partial charge in [0.15, 0.2) is 0 Å². The summed E-state index contributed by atoms with van der Waals surface area (Å²) >= 11 is 3.14. The van der Waals surface area contributed by atoms with E-state index in [1.165, 1.54) is 12.1 Å². The molecule has 0 heterocycles. The smallest absolute Gasteiger partial charge is 0.335 e. The summed E-state index contributed by atoms with van der Waals surface area (Å²) in [6.45, 7) is 3.95. The number of benzene rings is 1. The molecular formula is C12H14BrNO4S. The van der Waals surface area contributed by atoms with Gasteiger partial charge in [0.1, 0.15) is 0 Å². The number of aromatic carboxylic acids is 1. The van der Waals surface area contributed by atoms with Gasteiger partial charge < -0.3 is 5.11 Å². The lowest BCUT2D eigenvalue weighted by molar-refractivity contribution is 0.0696. The Kier molecular flexibility index (Phi) is 3.49. The van der Waals surface area contributed by atoms with E-state index in [0.717, 1.165) is 12.5 Å². The zero-order valence-electron chi connectivity index (χ0n) is 10.5. The number of carboxylic acid groups (broad SMARTS) is 1. The van der Waals surface area contributed by atoms with Crippen LogP contribution in [-0.4, -0.2) is 25.5 Å². The highest BCUT2D eigenvalue weighted by Crippen LogP contribution is 2.45. The van der Waals surface area contributed by atoms with Crippen molar-refractivity contribution in [1.29, 1.82) is 0 Å². The Morgan fingerprint density at radius 1 is 1.47 bits per heavy atom. The molecule has 1 aliphatic carbocycles. The first-order chi connectivity index (χ1) is 8.63. The topological polar surface area (TPSA) is 83.5 Å². The van der Waals surface area contributed by atoms with Crippen molar-refractivity contribution in [2.75, 3.05) is 0 Å². The third-order valence-corrected chi connectivity index (χ3v) is 5.74. The van der Waals surface area contributed by atoms with Gasteiger partial charge >= 0.3 is 5.97 Å². The standard InChI is InChI=1S/C12H14BrNO4S/c1-12(2)6-10(12)14-19(17,18)9-5-7(11(15)16)3-4-8(9)13/h3-5,10,14H,6H2,1-2H3,(H,15,16). The molecule has 7 heteroatoms. The highest BCUT2D eigenvalue weighted by molar-refractivity contribution is 9.10. The van der Waals surface area contributed by atoms with Crippen LogP contribution in [0.1, 0.15) is 30.6 Å². The quantitative estimate of drug-likeness (QED) is 0.874. The molecule has 2 N–H and O–H groups in total. The van der Waals surface area contributed by atoms with E-state index < -0.39 is 16.0 Å². The van der Waals surface area contributed by atoms with Crippen molar-refractivity contribution in [2.24, 2.45) is 5.41 Å². The average molecular weight is 348 g/mol. The molecule has 2 rings (SSSR count). The summed E-state index contributed by atoms with van der Waals surface area (Å²) in [6, 6.07) is 3.84. The van der Waals surface area contributed by atoms with Gasteiger partial charge in [-0.2, -0.15) is 0 Å². The Bertz CT molecular complexity index is 639. The van der Waals surface area contributed by atoms with Crippen molar-refractivity contribution in [3.8, 4) is 0 Å². The lowest BCUT2D eigenvalue weighted by Crippen LogP contribution is -2.29. The number of halogens is 1. The minimum atomic E-state index is -3.71. The first-order valence-electron chi connectivity index (χ1n) is 5.69. The molecule has 0 bridgehead atoms.